The fourth-order valence-corrected chi connectivity index (χ4v) is 2.84. The molecule has 128 valence electrons. The first-order chi connectivity index (χ1) is 12.0. The average Bonchev–Trinajstić information content (AvgIpc) is 2.99. The highest BCUT2D eigenvalue weighted by atomic mass is 79.9. The van der Waals surface area contributed by atoms with E-state index in [4.69, 9.17) is 0 Å². The van der Waals surface area contributed by atoms with Crippen molar-refractivity contribution in [2.45, 2.75) is 12.5 Å². The highest BCUT2D eigenvalue weighted by Gasteiger charge is 2.21. The number of halogens is 1. The van der Waals surface area contributed by atoms with Gasteiger partial charge in [0.25, 0.3) is 0 Å². The molecule has 3 rings (SSSR count). The van der Waals surface area contributed by atoms with E-state index >= 15 is 0 Å². The number of aromatic nitrogens is 1. The first kappa shape index (κ1) is 17.0. The molecule has 0 fully saturated rings. The van der Waals surface area contributed by atoms with Crippen LogP contribution in [-0.4, -0.2) is 28.1 Å². The summed E-state index contributed by atoms with van der Waals surface area (Å²) in [5, 5.41) is 15.5. The Labute approximate surface area is 152 Å². The molecule has 2 amide bonds. The molecule has 7 heteroatoms. The highest BCUT2D eigenvalue weighted by Crippen LogP contribution is 2.19. The minimum absolute atomic E-state index is 0.188. The number of carboxylic acid groups (broad SMARTS) is 1. The van der Waals surface area contributed by atoms with E-state index in [0.29, 0.717) is 5.69 Å². The van der Waals surface area contributed by atoms with Crippen LogP contribution in [0.5, 0.6) is 0 Å². The number of carbonyl (C=O) groups excluding carboxylic acids is 1. The molecule has 0 saturated carbocycles. The number of amides is 2. The van der Waals surface area contributed by atoms with Crippen LogP contribution in [-0.2, 0) is 11.2 Å². The second kappa shape index (κ2) is 7.40. The number of H-pyrrole nitrogens is 1. The normalized spacial score (nSPS) is 11.9. The van der Waals surface area contributed by atoms with Crippen LogP contribution in [0.4, 0.5) is 10.5 Å². The van der Waals surface area contributed by atoms with Crippen LogP contribution >= 0.6 is 15.9 Å². The summed E-state index contributed by atoms with van der Waals surface area (Å²) in [6.07, 6.45) is 1.96. The topological polar surface area (TPSA) is 94.2 Å². The summed E-state index contributed by atoms with van der Waals surface area (Å²) >= 11 is 3.31. The lowest BCUT2D eigenvalue weighted by atomic mass is 10.1. The van der Waals surface area contributed by atoms with Crippen LogP contribution in [0, 0.1) is 0 Å². The van der Waals surface area contributed by atoms with Crippen molar-refractivity contribution in [1.82, 2.24) is 10.3 Å². The number of nitrogens with one attached hydrogen (secondary N) is 3. The van der Waals surface area contributed by atoms with Gasteiger partial charge < -0.3 is 20.7 Å². The van der Waals surface area contributed by atoms with Gasteiger partial charge in [0.05, 0.1) is 0 Å². The van der Waals surface area contributed by atoms with E-state index in [1.807, 2.05) is 24.3 Å². The summed E-state index contributed by atoms with van der Waals surface area (Å²) < 4.78 is 0.890. The van der Waals surface area contributed by atoms with E-state index in [-0.39, 0.29) is 6.42 Å². The summed E-state index contributed by atoms with van der Waals surface area (Å²) in [6.45, 7) is 0. The van der Waals surface area contributed by atoms with Crippen LogP contribution < -0.4 is 10.6 Å². The Morgan fingerprint density at radius 1 is 1.12 bits per heavy atom. The van der Waals surface area contributed by atoms with E-state index in [1.54, 1.807) is 30.5 Å². The molecular formula is C18H16BrN3O3. The molecule has 0 spiro atoms. The SMILES string of the molecule is O=C(Nc1ccc(Br)cc1)NC(Cc1c[nH]c2ccccc12)C(=O)O. The first-order valence-electron chi connectivity index (χ1n) is 7.64. The summed E-state index contributed by atoms with van der Waals surface area (Å²) in [5.74, 6) is -1.09. The molecule has 6 nitrogen and oxygen atoms in total. The molecule has 1 unspecified atom stereocenters. The highest BCUT2D eigenvalue weighted by molar-refractivity contribution is 9.10. The van der Waals surface area contributed by atoms with Gasteiger partial charge in [-0.1, -0.05) is 34.1 Å². The Balaban J connectivity index is 1.69. The number of anilines is 1. The molecular weight excluding hydrogens is 386 g/mol. The van der Waals surface area contributed by atoms with Gasteiger partial charge in [0.1, 0.15) is 6.04 Å². The maximum absolute atomic E-state index is 12.1. The molecule has 0 saturated heterocycles. The Hall–Kier alpha value is -2.80. The van der Waals surface area contributed by atoms with Crippen molar-refractivity contribution >= 4 is 44.5 Å². The number of rotatable bonds is 5. The van der Waals surface area contributed by atoms with Gasteiger partial charge in [-0.2, -0.15) is 0 Å². The fraction of sp³-hybridized carbons (Fsp3) is 0.111. The summed E-state index contributed by atoms with van der Waals surface area (Å²) in [6, 6.07) is 13.1. The molecule has 25 heavy (non-hydrogen) atoms. The molecule has 0 aliphatic carbocycles. The molecule has 2 aromatic carbocycles. The number of para-hydroxylation sites is 1. The molecule has 0 radical (unpaired) electrons. The largest absolute Gasteiger partial charge is 0.480 e. The predicted octanol–water partition coefficient (Wildman–Crippen LogP) is 3.75. The van der Waals surface area contributed by atoms with Gasteiger partial charge in [0, 0.05) is 33.7 Å². The molecule has 0 bridgehead atoms. The first-order valence-corrected chi connectivity index (χ1v) is 8.43. The van der Waals surface area contributed by atoms with Gasteiger partial charge in [-0.25, -0.2) is 9.59 Å². The van der Waals surface area contributed by atoms with Gasteiger partial charge in [0.2, 0.25) is 0 Å². The van der Waals surface area contributed by atoms with Crippen LogP contribution in [0.15, 0.2) is 59.2 Å². The predicted molar refractivity (Wildman–Crippen MR) is 99.7 cm³/mol. The van der Waals surface area contributed by atoms with Crippen molar-refractivity contribution < 1.29 is 14.7 Å². The van der Waals surface area contributed by atoms with E-state index in [9.17, 15) is 14.7 Å². The number of urea groups is 1. The zero-order chi connectivity index (χ0) is 17.8. The fourth-order valence-electron chi connectivity index (χ4n) is 2.58. The van der Waals surface area contributed by atoms with Crippen molar-refractivity contribution in [2.75, 3.05) is 5.32 Å². The van der Waals surface area contributed by atoms with Crippen molar-refractivity contribution in [3.63, 3.8) is 0 Å². The number of hydrogen-bond acceptors (Lipinski definition) is 2. The lowest BCUT2D eigenvalue weighted by molar-refractivity contribution is -0.139. The second-order valence-electron chi connectivity index (χ2n) is 5.56. The van der Waals surface area contributed by atoms with E-state index < -0.39 is 18.0 Å². The van der Waals surface area contributed by atoms with Crippen molar-refractivity contribution in [2.24, 2.45) is 0 Å². The van der Waals surface area contributed by atoms with Crippen molar-refractivity contribution in [3.8, 4) is 0 Å². The Bertz CT molecular complexity index is 905. The zero-order valence-corrected chi connectivity index (χ0v) is 14.7. The van der Waals surface area contributed by atoms with E-state index in [2.05, 4.69) is 31.5 Å². The van der Waals surface area contributed by atoms with Crippen LogP contribution in [0.25, 0.3) is 10.9 Å². The minimum Gasteiger partial charge on any atom is -0.480 e. The number of aromatic amines is 1. The van der Waals surface area contributed by atoms with Crippen molar-refractivity contribution in [3.05, 3.63) is 64.8 Å². The summed E-state index contributed by atoms with van der Waals surface area (Å²) in [7, 11) is 0. The van der Waals surface area contributed by atoms with E-state index in [1.165, 1.54) is 0 Å². The van der Waals surface area contributed by atoms with Gasteiger partial charge in [-0.15, -0.1) is 0 Å². The summed E-state index contributed by atoms with van der Waals surface area (Å²) in [4.78, 5) is 26.7. The zero-order valence-electron chi connectivity index (χ0n) is 13.1. The lowest BCUT2D eigenvalue weighted by Gasteiger charge is -2.15. The van der Waals surface area contributed by atoms with Gasteiger partial charge in [0.15, 0.2) is 0 Å². The molecule has 1 heterocycles. The number of carboxylic acids is 1. The maximum Gasteiger partial charge on any atom is 0.326 e. The molecule has 4 N–H and O–H groups in total. The van der Waals surface area contributed by atoms with Gasteiger partial charge in [-0.05, 0) is 35.9 Å². The lowest BCUT2D eigenvalue weighted by Crippen LogP contribution is -2.44. The number of fused-ring (bicyclic) bond motifs is 1. The minimum atomic E-state index is -1.09. The maximum atomic E-state index is 12.1. The summed E-state index contributed by atoms with van der Waals surface area (Å²) in [5.41, 5.74) is 2.35. The van der Waals surface area contributed by atoms with Crippen LogP contribution in [0.1, 0.15) is 5.56 Å². The quantitative estimate of drug-likeness (QED) is 0.524. The molecule has 0 aliphatic rings. The monoisotopic (exact) mass is 401 g/mol. The Morgan fingerprint density at radius 2 is 1.84 bits per heavy atom. The van der Waals surface area contributed by atoms with E-state index in [0.717, 1.165) is 20.9 Å². The standard InChI is InChI=1S/C18H16BrN3O3/c19-12-5-7-13(8-6-12)21-18(25)22-16(17(23)24)9-11-10-20-15-4-2-1-3-14(11)15/h1-8,10,16,20H,9H2,(H,23,24)(H2,21,22,25). The van der Waals surface area contributed by atoms with Crippen LogP contribution in [0.2, 0.25) is 0 Å². The number of aliphatic carboxylic acids is 1. The van der Waals surface area contributed by atoms with Crippen molar-refractivity contribution in [1.29, 1.82) is 0 Å². The molecule has 1 atom stereocenters. The second-order valence-corrected chi connectivity index (χ2v) is 6.48. The molecule has 0 aliphatic heterocycles. The van der Waals surface area contributed by atoms with Gasteiger partial charge >= 0.3 is 12.0 Å². The third kappa shape index (κ3) is 4.19. The smallest absolute Gasteiger partial charge is 0.326 e. The number of hydrogen-bond donors (Lipinski definition) is 4. The Kier molecular flexibility index (Phi) is 5.04. The number of carbonyl (C=O) groups is 2. The third-order valence-electron chi connectivity index (χ3n) is 3.80. The van der Waals surface area contributed by atoms with Crippen LogP contribution in [0.3, 0.4) is 0 Å². The molecule has 3 aromatic rings. The third-order valence-corrected chi connectivity index (χ3v) is 4.33. The number of benzene rings is 2. The molecule has 1 aromatic heterocycles. The average molecular weight is 402 g/mol. The van der Waals surface area contributed by atoms with Gasteiger partial charge in [-0.3, -0.25) is 0 Å². The Morgan fingerprint density at radius 3 is 2.56 bits per heavy atom.